The normalized spacial score (nSPS) is 10.2. The number of anilines is 1. The Labute approximate surface area is 112 Å². The van der Waals surface area contributed by atoms with Gasteiger partial charge in [-0.2, -0.15) is 0 Å². The number of aromatic nitrogens is 1. The van der Waals surface area contributed by atoms with Crippen molar-refractivity contribution in [1.29, 1.82) is 0 Å². The molecule has 0 aliphatic heterocycles. The van der Waals surface area contributed by atoms with Crippen molar-refractivity contribution in [1.82, 2.24) is 4.98 Å². The van der Waals surface area contributed by atoms with Crippen LogP contribution in [0.1, 0.15) is 15.9 Å². The summed E-state index contributed by atoms with van der Waals surface area (Å²) < 4.78 is 14.0. The molecule has 1 amide bonds. The van der Waals surface area contributed by atoms with Crippen LogP contribution in [0.5, 0.6) is 0 Å². The number of carbonyl (C=O) groups excluding carboxylic acids is 1. The summed E-state index contributed by atoms with van der Waals surface area (Å²) in [6.45, 7) is 1.86. The second-order valence-corrected chi connectivity index (χ2v) is 4.66. The van der Waals surface area contributed by atoms with E-state index in [4.69, 9.17) is 0 Å². The average molecular weight is 309 g/mol. The van der Waals surface area contributed by atoms with Gasteiger partial charge in [-0.3, -0.25) is 9.78 Å². The highest BCUT2D eigenvalue weighted by Gasteiger charge is 2.13. The molecular weight excluding hydrogens is 299 g/mol. The van der Waals surface area contributed by atoms with E-state index in [1.165, 1.54) is 12.3 Å². The molecule has 0 saturated carbocycles. The van der Waals surface area contributed by atoms with Gasteiger partial charge in [-0.05, 0) is 46.6 Å². The average Bonchev–Trinajstić information content (AvgIpc) is 2.32. The molecule has 18 heavy (non-hydrogen) atoms. The number of nitrogens with one attached hydrogen (secondary N) is 1. The molecule has 0 aliphatic rings. The monoisotopic (exact) mass is 308 g/mol. The molecule has 1 aromatic heterocycles. The van der Waals surface area contributed by atoms with Crippen LogP contribution in [0.4, 0.5) is 10.1 Å². The van der Waals surface area contributed by atoms with Crippen LogP contribution in [0.2, 0.25) is 0 Å². The first-order valence-electron chi connectivity index (χ1n) is 5.25. The van der Waals surface area contributed by atoms with Crippen LogP contribution in [-0.2, 0) is 0 Å². The zero-order valence-corrected chi connectivity index (χ0v) is 11.2. The maximum Gasteiger partial charge on any atom is 0.258 e. The summed E-state index contributed by atoms with van der Waals surface area (Å²) in [5.41, 5.74) is 1.45. The van der Waals surface area contributed by atoms with Crippen molar-refractivity contribution in [3.63, 3.8) is 0 Å². The molecule has 0 atom stereocenters. The molecular formula is C13H10BrFN2O. The predicted octanol–water partition coefficient (Wildman–Crippen LogP) is 3.54. The molecule has 5 heteroatoms. The van der Waals surface area contributed by atoms with Gasteiger partial charge >= 0.3 is 0 Å². The number of pyridine rings is 1. The minimum Gasteiger partial charge on any atom is -0.320 e. The van der Waals surface area contributed by atoms with Crippen LogP contribution >= 0.6 is 15.9 Å². The lowest BCUT2D eigenvalue weighted by atomic mass is 10.2. The topological polar surface area (TPSA) is 42.0 Å². The van der Waals surface area contributed by atoms with Crippen LogP contribution in [-0.4, -0.2) is 10.9 Å². The lowest BCUT2D eigenvalue weighted by Crippen LogP contribution is -2.14. The lowest BCUT2D eigenvalue weighted by Gasteiger charge is -2.07. The number of benzene rings is 1. The molecule has 0 saturated heterocycles. The Morgan fingerprint density at radius 3 is 2.89 bits per heavy atom. The van der Waals surface area contributed by atoms with Gasteiger partial charge in [-0.1, -0.05) is 6.07 Å². The van der Waals surface area contributed by atoms with E-state index in [2.05, 4.69) is 26.2 Å². The van der Waals surface area contributed by atoms with Crippen molar-refractivity contribution in [2.45, 2.75) is 6.92 Å². The van der Waals surface area contributed by atoms with E-state index in [-0.39, 0.29) is 10.0 Å². The van der Waals surface area contributed by atoms with Crippen molar-refractivity contribution < 1.29 is 9.18 Å². The number of amides is 1. The van der Waals surface area contributed by atoms with Crippen molar-refractivity contribution in [3.8, 4) is 0 Å². The van der Waals surface area contributed by atoms with Gasteiger partial charge in [-0.15, -0.1) is 0 Å². The third-order valence-electron chi connectivity index (χ3n) is 2.33. The van der Waals surface area contributed by atoms with Crippen molar-refractivity contribution >= 4 is 27.5 Å². The number of hydrogen-bond donors (Lipinski definition) is 1. The molecule has 2 aromatic rings. The maximum absolute atomic E-state index is 13.7. The van der Waals surface area contributed by atoms with Gasteiger partial charge < -0.3 is 5.32 Å². The molecule has 0 bridgehead atoms. The summed E-state index contributed by atoms with van der Waals surface area (Å²) in [6.07, 6.45) is 3.19. The number of aryl methyl sites for hydroxylation is 1. The Morgan fingerprint density at radius 1 is 1.39 bits per heavy atom. The van der Waals surface area contributed by atoms with Crippen LogP contribution in [0.25, 0.3) is 0 Å². The fourth-order valence-electron chi connectivity index (χ4n) is 1.50. The summed E-state index contributed by atoms with van der Waals surface area (Å²) in [5.74, 6) is -1.07. The highest BCUT2D eigenvalue weighted by Crippen LogP contribution is 2.19. The second-order valence-electron chi connectivity index (χ2n) is 3.81. The van der Waals surface area contributed by atoms with E-state index in [1.807, 2.05) is 6.92 Å². The van der Waals surface area contributed by atoms with Gasteiger partial charge in [-0.25, -0.2) is 4.39 Å². The van der Waals surface area contributed by atoms with Crippen LogP contribution in [0.15, 0.2) is 41.1 Å². The first-order chi connectivity index (χ1) is 8.58. The van der Waals surface area contributed by atoms with E-state index in [9.17, 15) is 9.18 Å². The van der Waals surface area contributed by atoms with E-state index < -0.39 is 11.7 Å². The molecule has 1 heterocycles. The quantitative estimate of drug-likeness (QED) is 0.922. The van der Waals surface area contributed by atoms with E-state index in [0.717, 1.165) is 5.56 Å². The van der Waals surface area contributed by atoms with Crippen molar-refractivity contribution in [2.24, 2.45) is 0 Å². The molecule has 3 nitrogen and oxygen atoms in total. The molecule has 1 N–H and O–H groups in total. The van der Waals surface area contributed by atoms with Crippen molar-refractivity contribution in [2.75, 3.05) is 5.32 Å². The van der Waals surface area contributed by atoms with Crippen LogP contribution in [0.3, 0.4) is 0 Å². The van der Waals surface area contributed by atoms with Gasteiger partial charge in [0.05, 0.1) is 21.9 Å². The number of carbonyl (C=O) groups is 1. The summed E-state index contributed by atoms with van der Waals surface area (Å²) in [5, 5.41) is 2.60. The Balaban J connectivity index is 2.25. The summed E-state index contributed by atoms with van der Waals surface area (Å²) in [4.78, 5) is 15.9. The highest BCUT2D eigenvalue weighted by atomic mass is 79.9. The number of rotatable bonds is 2. The van der Waals surface area contributed by atoms with E-state index >= 15 is 0 Å². The van der Waals surface area contributed by atoms with Gasteiger partial charge in [0.25, 0.3) is 5.91 Å². The molecule has 0 aliphatic carbocycles. The lowest BCUT2D eigenvalue weighted by molar-refractivity contribution is 0.102. The molecule has 2 rings (SSSR count). The van der Waals surface area contributed by atoms with Gasteiger partial charge in [0, 0.05) is 6.20 Å². The molecule has 1 aromatic carbocycles. The third kappa shape index (κ3) is 2.73. The SMILES string of the molecule is Cc1cncc(NC(=O)c2cccc(Br)c2F)c1. The molecule has 0 spiro atoms. The maximum atomic E-state index is 13.7. The summed E-state index contributed by atoms with van der Waals surface area (Å²) in [7, 11) is 0. The minimum absolute atomic E-state index is 0.00844. The van der Waals surface area contributed by atoms with Gasteiger partial charge in [0.15, 0.2) is 0 Å². The molecule has 0 fully saturated rings. The largest absolute Gasteiger partial charge is 0.320 e. The third-order valence-corrected chi connectivity index (χ3v) is 2.94. The summed E-state index contributed by atoms with van der Waals surface area (Å²) >= 11 is 3.04. The number of hydrogen-bond acceptors (Lipinski definition) is 2. The number of nitrogens with zero attached hydrogens (tertiary/aromatic N) is 1. The Morgan fingerprint density at radius 2 is 2.17 bits per heavy atom. The zero-order chi connectivity index (χ0) is 13.1. The molecule has 0 unspecified atom stereocenters. The fraction of sp³-hybridized carbons (Fsp3) is 0.0769. The van der Waals surface area contributed by atoms with E-state index in [1.54, 1.807) is 24.4 Å². The highest BCUT2D eigenvalue weighted by molar-refractivity contribution is 9.10. The number of halogens is 2. The first-order valence-corrected chi connectivity index (χ1v) is 6.04. The Kier molecular flexibility index (Phi) is 3.72. The smallest absolute Gasteiger partial charge is 0.258 e. The van der Waals surface area contributed by atoms with Crippen molar-refractivity contribution in [3.05, 3.63) is 58.1 Å². The Hall–Kier alpha value is -1.75. The van der Waals surface area contributed by atoms with Crippen LogP contribution < -0.4 is 5.32 Å². The Bertz CT molecular complexity index is 601. The van der Waals surface area contributed by atoms with E-state index in [0.29, 0.717) is 5.69 Å². The van der Waals surface area contributed by atoms with Crippen LogP contribution in [0, 0.1) is 12.7 Å². The fourth-order valence-corrected chi connectivity index (χ4v) is 1.87. The molecule has 92 valence electrons. The predicted molar refractivity (Wildman–Crippen MR) is 71.0 cm³/mol. The summed E-state index contributed by atoms with van der Waals surface area (Å²) in [6, 6.07) is 6.34. The standard InChI is InChI=1S/C13H10BrFN2O/c1-8-5-9(7-16-6-8)17-13(18)10-3-2-4-11(14)12(10)15/h2-7H,1H3,(H,17,18). The first kappa shape index (κ1) is 12.7. The molecule has 0 radical (unpaired) electrons. The zero-order valence-electron chi connectivity index (χ0n) is 9.58. The van der Waals surface area contributed by atoms with Gasteiger partial charge in [0.1, 0.15) is 5.82 Å². The second kappa shape index (κ2) is 5.27. The van der Waals surface area contributed by atoms with Gasteiger partial charge in [0.2, 0.25) is 0 Å². The minimum atomic E-state index is -0.574.